The van der Waals surface area contributed by atoms with Gasteiger partial charge >= 0.3 is 0 Å². The van der Waals surface area contributed by atoms with Gasteiger partial charge in [-0.3, -0.25) is 0 Å². The summed E-state index contributed by atoms with van der Waals surface area (Å²) in [6, 6.07) is 9.86. The molecule has 0 fully saturated rings. The first-order chi connectivity index (χ1) is 9.19. The van der Waals surface area contributed by atoms with Crippen LogP contribution in [-0.2, 0) is 6.42 Å². The molecule has 0 unspecified atom stereocenters. The maximum atomic E-state index is 5.87. The van der Waals surface area contributed by atoms with Crippen molar-refractivity contribution in [3.8, 4) is 5.75 Å². The third-order valence-electron chi connectivity index (χ3n) is 2.72. The molecule has 2 rings (SSSR count). The lowest BCUT2D eigenvalue weighted by Gasteiger charge is -2.09. The molecule has 1 heterocycles. The van der Waals surface area contributed by atoms with Crippen molar-refractivity contribution in [3.63, 3.8) is 0 Å². The highest BCUT2D eigenvalue weighted by atomic mass is 79.9. The van der Waals surface area contributed by atoms with E-state index in [1.165, 1.54) is 5.56 Å². The number of rotatable bonds is 5. The maximum absolute atomic E-state index is 5.87. The van der Waals surface area contributed by atoms with Gasteiger partial charge in [0.05, 0.1) is 12.8 Å². The van der Waals surface area contributed by atoms with Crippen LogP contribution in [0.15, 0.2) is 41.0 Å². The lowest BCUT2D eigenvalue weighted by atomic mass is 10.1. The summed E-state index contributed by atoms with van der Waals surface area (Å²) < 4.78 is 6.07. The van der Waals surface area contributed by atoms with Gasteiger partial charge in [-0.15, -0.1) is 0 Å². The van der Waals surface area contributed by atoms with Gasteiger partial charge in [0.25, 0.3) is 0 Å². The molecule has 0 amide bonds. The van der Waals surface area contributed by atoms with Crippen LogP contribution in [0.2, 0.25) is 0 Å². The number of hydrogen-bond donors (Lipinski definition) is 2. The molecule has 2 aromatic rings. The SMILES string of the molecule is COc1cccc(CCNc2ncc(Br)cc2N)c1. The zero-order valence-electron chi connectivity index (χ0n) is 10.7. The van der Waals surface area contributed by atoms with Gasteiger partial charge < -0.3 is 15.8 Å². The number of aromatic nitrogens is 1. The van der Waals surface area contributed by atoms with Gasteiger partial charge in [-0.1, -0.05) is 12.1 Å². The van der Waals surface area contributed by atoms with Gasteiger partial charge in [-0.2, -0.15) is 0 Å². The summed E-state index contributed by atoms with van der Waals surface area (Å²) in [6.07, 6.45) is 2.61. The van der Waals surface area contributed by atoms with Gasteiger partial charge in [0.15, 0.2) is 0 Å². The summed E-state index contributed by atoms with van der Waals surface area (Å²) in [5.41, 5.74) is 7.72. The lowest BCUT2D eigenvalue weighted by Crippen LogP contribution is -2.08. The molecule has 0 bridgehead atoms. The standard InChI is InChI=1S/C14H16BrN3O/c1-19-12-4-2-3-10(7-12)5-6-17-14-13(16)8-11(15)9-18-14/h2-4,7-9H,5-6,16H2,1H3,(H,17,18). The van der Waals surface area contributed by atoms with Crippen molar-refractivity contribution in [2.75, 3.05) is 24.7 Å². The van der Waals surface area contributed by atoms with E-state index in [0.717, 1.165) is 23.2 Å². The summed E-state index contributed by atoms with van der Waals surface area (Å²) >= 11 is 3.33. The van der Waals surface area contributed by atoms with Crippen molar-refractivity contribution >= 4 is 27.4 Å². The summed E-state index contributed by atoms with van der Waals surface area (Å²) in [5.74, 6) is 1.59. The van der Waals surface area contributed by atoms with E-state index in [1.54, 1.807) is 13.3 Å². The lowest BCUT2D eigenvalue weighted by molar-refractivity contribution is 0.414. The molecular formula is C14H16BrN3O. The normalized spacial score (nSPS) is 10.2. The van der Waals surface area contributed by atoms with Crippen molar-refractivity contribution in [2.45, 2.75) is 6.42 Å². The Morgan fingerprint density at radius 1 is 1.37 bits per heavy atom. The van der Waals surface area contributed by atoms with Crippen LogP contribution in [0.4, 0.5) is 11.5 Å². The zero-order chi connectivity index (χ0) is 13.7. The summed E-state index contributed by atoms with van der Waals surface area (Å²) in [4.78, 5) is 4.24. The topological polar surface area (TPSA) is 60.2 Å². The Bertz CT molecular complexity index is 560. The minimum Gasteiger partial charge on any atom is -0.497 e. The number of pyridine rings is 1. The Morgan fingerprint density at radius 3 is 2.95 bits per heavy atom. The highest BCUT2D eigenvalue weighted by Crippen LogP contribution is 2.20. The molecule has 3 N–H and O–H groups in total. The third-order valence-corrected chi connectivity index (χ3v) is 3.16. The second-order valence-electron chi connectivity index (χ2n) is 4.12. The molecule has 5 heteroatoms. The van der Waals surface area contributed by atoms with Crippen LogP contribution in [-0.4, -0.2) is 18.6 Å². The molecular weight excluding hydrogens is 306 g/mol. The highest BCUT2D eigenvalue weighted by molar-refractivity contribution is 9.10. The number of nitrogen functional groups attached to an aromatic ring is 1. The van der Waals surface area contributed by atoms with Crippen LogP contribution in [0.25, 0.3) is 0 Å². The number of anilines is 2. The van der Waals surface area contributed by atoms with E-state index in [0.29, 0.717) is 11.5 Å². The average Bonchev–Trinajstić information content (AvgIpc) is 2.41. The molecule has 1 aromatic carbocycles. The molecule has 0 aliphatic carbocycles. The van der Waals surface area contributed by atoms with Crippen LogP contribution in [0.5, 0.6) is 5.75 Å². The molecule has 1 aromatic heterocycles. The van der Waals surface area contributed by atoms with Crippen LogP contribution in [0.1, 0.15) is 5.56 Å². The first-order valence-corrected chi connectivity index (χ1v) is 6.76. The van der Waals surface area contributed by atoms with E-state index in [2.05, 4.69) is 32.3 Å². The quantitative estimate of drug-likeness (QED) is 0.888. The van der Waals surface area contributed by atoms with Crippen molar-refractivity contribution in [1.82, 2.24) is 4.98 Å². The molecule has 0 radical (unpaired) electrons. The van der Waals surface area contributed by atoms with E-state index >= 15 is 0 Å². The minimum absolute atomic E-state index is 0.639. The number of ether oxygens (including phenoxy) is 1. The first kappa shape index (κ1) is 13.7. The molecule has 0 aliphatic heterocycles. The Hall–Kier alpha value is -1.75. The van der Waals surface area contributed by atoms with Crippen molar-refractivity contribution < 1.29 is 4.74 Å². The van der Waals surface area contributed by atoms with Crippen LogP contribution in [0.3, 0.4) is 0 Å². The number of methoxy groups -OCH3 is 1. The number of nitrogens with one attached hydrogen (secondary N) is 1. The fraction of sp³-hybridized carbons (Fsp3) is 0.214. The van der Waals surface area contributed by atoms with E-state index in [-0.39, 0.29) is 0 Å². The smallest absolute Gasteiger partial charge is 0.149 e. The van der Waals surface area contributed by atoms with E-state index in [4.69, 9.17) is 10.5 Å². The van der Waals surface area contributed by atoms with Gasteiger partial charge in [0, 0.05) is 17.2 Å². The number of benzene rings is 1. The van der Waals surface area contributed by atoms with Crippen LogP contribution < -0.4 is 15.8 Å². The van der Waals surface area contributed by atoms with Crippen molar-refractivity contribution in [3.05, 3.63) is 46.6 Å². The molecule has 0 atom stereocenters. The van der Waals surface area contributed by atoms with Gasteiger partial charge in [-0.05, 0) is 46.1 Å². The highest BCUT2D eigenvalue weighted by Gasteiger charge is 2.01. The van der Waals surface area contributed by atoms with Crippen LogP contribution in [0, 0.1) is 0 Å². The largest absolute Gasteiger partial charge is 0.497 e. The Kier molecular flexibility index (Phi) is 4.63. The Balaban J connectivity index is 1.92. The fourth-order valence-corrected chi connectivity index (χ4v) is 2.10. The van der Waals surface area contributed by atoms with E-state index in [1.807, 2.05) is 24.3 Å². The predicted octanol–water partition coefficient (Wildman–Crippen LogP) is 3.09. The summed E-state index contributed by atoms with van der Waals surface area (Å²) in [7, 11) is 1.67. The second kappa shape index (κ2) is 6.43. The number of nitrogens with zero attached hydrogens (tertiary/aromatic N) is 1. The molecule has 0 aliphatic rings. The van der Waals surface area contributed by atoms with Crippen molar-refractivity contribution in [2.24, 2.45) is 0 Å². The van der Waals surface area contributed by atoms with Crippen molar-refractivity contribution in [1.29, 1.82) is 0 Å². The Morgan fingerprint density at radius 2 is 2.21 bits per heavy atom. The van der Waals surface area contributed by atoms with E-state index in [9.17, 15) is 0 Å². The molecule has 100 valence electrons. The zero-order valence-corrected chi connectivity index (χ0v) is 12.3. The third kappa shape index (κ3) is 3.86. The van der Waals surface area contributed by atoms with Gasteiger partial charge in [-0.25, -0.2) is 4.98 Å². The molecule has 4 nitrogen and oxygen atoms in total. The monoisotopic (exact) mass is 321 g/mol. The van der Waals surface area contributed by atoms with Gasteiger partial charge in [0.2, 0.25) is 0 Å². The maximum Gasteiger partial charge on any atom is 0.149 e. The van der Waals surface area contributed by atoms with Gasteiger partial charge in [0.1, 0.15) is 11.6 Å². The fourth-order valence-electron chi connectivity index (χ4n) is 1.76. The molecule has 0 spiro atoms. The minimum atomic E-state index is 0.639. The summed E-state index contributed by atoms with van der Waals surface area (Å²) in [6.45, 7) is 0.770. The summed E-state index contributed by atoms with van der Waals surface area (Å²) in [5, 5.41) is 3.23. The first-order valence-electron chi connectivity index (χ1n) is 5.97. The van der Waals surface area contributed by atoms with Crippen LogP contribution >= 0.6 is 15.9 Å². The number of nitrogens with two attached hydrogens (primary N) is 1. The molecule has 0 saturated heterocycles. The number of hydrogen-bond acceptors (Lipinski definition) is 4. The predicted molar refractivity (Wildman–Crippen MR) is 81.5 cm³/mol. The number of halogens is 1. The Labute approximate surface area is 121 Å². The molecule has 0 saturated carbocycles. The molecule has 19 heavy (non-hydrogen) atoms. The van der Waals surface area contributed by atoms with E-state index < -0.39 is 0 Å². The average molecular weight is 322 g/mol. The second-order valence-corrected chi connectivity index (χ2v) is 5.04.